The number of benzene rings is 1. The molecule has 0 aliphatic carbocycles. The number of hydrogen-bond donors (Lipinski definition) is 1. The Morgan fingerprint density at radius 1 is 1.20 bits per heavy atom. The summed E-state index contributed by atoms with van der Waals surface area (Å²) in [5.41, 5.74) is 7.52. The van der Waals surface area contributed by atoms with Crippen LogP contribution in [0.1, 0.15) is 5.56 Å². The number of rotatable bonds is 3. The maximum atomic E-state index is 6.06. The van der Waals surface area contributed by atoms with Gasteiger partial charge in [-0.05, 0) is 23.8 Å². The van der Waals surface area contributed by atoms with Gasteiger partial charge in [0, 0.05) is 12.7 Å². The lowest BCUT2D eigenvalue weighted by Gasteiger charge is -2.06. The molecule has 0 saturated heterocycles. The molecule has 0 fully saturated rings. The van der Waals surface area contributed by atoms with E-state index in [1.54, 1.807) is 7.11 Å². The highest BCUT2D eigenvalue weighted by Gasteiger charge is 2.09. The maximum absolute atomic E-state index is 6.06. The number of hydrogen-bond acceptors (Lipinski definition) is 4. The fourth-order valence-corrected chi connectivity index (χ4v) is 2.33. The van der Waals surface area contributed by atoms with E-state index in [0.717, 1.165) is 22.3 Å². The van der Waals surface area contributed by atoms with Gasteiger partial charge in [-0.15, -0.1) is 0 Å². The molecule has 2 N–H and O–H groups in total. The molecule has 0 saturated carbocycles. The van der Waals surface area contributed by atoms with E-state index < -0.39 is 0 Å². The molecule has 1 aromatic carbocycles. The number of nitrogen functional groups attached to an aromatic ring is 1. The van der Waals surface area contributed by atoms with Crippen LogP contribution in [0.25, 0.3) is 11.0 Å². The van der Waals surface area contributed by atoms with Crippen LogP contribution in [0.5, 0.6) is 5.75 Å². The van der Waals surface area contributed by atoms with E-state index in [0.29, 0.717) is 11.7 Å². The molecule has 0 atom stereocenters. The van der Waals surface area contributed by atoms with Crippen LogP contribution in [0, 0.1) is 0 Å². The molecule has 3 rings (SSSR count). The number of methoxy groups -OCH3 is 1. The first-order valence-electron chi connectivity index (χ1n) is 6.08. The van der Waals surface area contributed by atoms with Gasteiger partial charge < -0.3 is 15.0 Å². The van der Waals surface area contributed by atoms with Crippen molar-refractivity contribution >= 4 is 28.6 Å². The van der Waals surface area contributed by atoms with E-state index in [1.165, 1.54) is 0 Å². The molecule has 0 spiro atoms. The highest BCUT2D eigenvalue weighted by atomic mass is 35.5. The van der Waals surface area contributed by atoms with Crippen LogP contribution < -0.4 is 10.5 Å². The smallest absolute Gasteiger partial charge is 0.223 e. The molecule has 2 heterocycles. The molecule has 0 radical (unpaired) electrons. The molecular formula is C14H13ClN4O. The number of nitrogens with zero attached hydrogens (tertiary/aromatic N) is 3. The fraction of sp³-hybridized carbons (Fsp3) is 0.143. The predicted octanol–water partition coefficient (Wildman–Crippen LogP) is 2.72. The lowest BCUT2D eigenvalue weighted by molar-refractivity contribution is 0.414. The largest absolute Gasteiger partial charge is 0.497 e. The summed E-state index contributed by atoms with van der Waals surface area (Å²) in [4.78, 5) is 8.19. The van der Waals surface area contributed by atoms with Crippen molar-refractivity contribution in [2.24, 2.45) is 0 Å². The van der Waals surface area contributed by atoms with E-state index in [2.05, 4.69) is 9.97 Å². The van der Waals surface area contributed by atoms with E-state index in [9.17, 15) is 0 Å². The molecule has 20 heavy (non-hydrogen) atoms. The van der Waals surface area contributed by atoms with Gasteiger partial charge in [-0.3, -0.25) is 0 Å². The minimum absolute atomic E-state index is 0.178. The Kier molecular flexibility index (Phi) is 3.20. The highest BCUT2D eigenvalue weighted by molar-refractivity contribution is 6.34. The summed E-state index contributed by atoms with van der Waals surface area (Å²) < 4.78 is 7.13. The van der Waals surface area contributed by atoms with Gasteiger partial charge in [-0.1, -0.05) is 23.7 Å². The summed E-state index contributed by atoms with van der Waals surface area (Å²) in [5, 5.41) is 1.18. The highest BCUT2D eigenvalue weighted by Crippen LogP contribution is 2.23. The van der Waals surface area contributed by atoms with E-state index in [1.807, 2.05) is 41.1 Å². The van der Waals surface area contributed by atoms with Crippen molar-refractivity contribution in [1.82, 2.24) is 14.5 Å². The first kappa shape index (κ1) is 12.7. The van der Waals surface area contributed by atoms with Crippen molar-refractivity contribution in [3.63, 3.8) is 0 Å². The third-order valence-electron chi connectivity index (χ3n) is 3.10. The Bertz CT molecular complexity index is 752. The average molecular weight is 289 g/mol. The maximum Gasteiger partial charge on any atom is 0.223 e. The summed E-state index contributed by atoms with van der Waals surface area (Å²) in [6, 6.07) is 9.77. The lowest BCUT2D eigenvalue weighted by atomic mass is 10.2. The molecule has 0 unspecified atom stereocenters. The van der Waals surface area contributed by atoms with Crippen LogP contribution in [0.3, 0.4) is 0 Å². The fourth-order valence-electron chi connectivity index (χ4n) is 2.10. The van der Waals surface area contributed by atoms with E-state index in [4.69, 9.17) is 22.1 Å². The molecule has 6 heteroatoms. The second-order valence-electron chi connectivity index (χ2n) is 4.40. The van der Waals surface area contributed by atoms with Gasteiger partial charge in [-0.2, -0.15) is 4.98 Å². The number of ether oxygens (including phenoxy) is 1. The Labute approximate surface area is 121 Å². The first-order chi connectivity index (χ1) is 9.67. The van der Waals surface area contributed by atoms with Crippen molar-refractivity contribution in [1.29, 1.82) is 0 Å². The molecule has 0 amide bonds. The summed E-state index contributed by atoms with van der Waals surface area (Å²) in [7, 11) is 1.65. The molecule has 0 aliphatic rings. The summed E-state index contributed by atoms with van der Waals surface area (Å²) in [6.07, 6.45) is 1.93. The second kappa shape index (κ2) is 5.02. The van der Waals surface area contributed by atoms with Gasteiger partial charge in [0.2, 0.25) is 5.95 Å². The summed E-state index contributed by atoms with van der Waals surface area (Å²) >= 11 is 6.06. The number of fused-ring (bicyclic) bond motifs is 1. The van der Waals surface area contributed by atoms with Crippen molar-refractivity contribution in [2.45, 2.75) is 6.54 Å². The number of nitrogens with two attached hydrogens (primary N) is 1. The molecule has 0 bridgehead atoms. The van der Waals surface area contributed by atoms with Crippen LogP contribution in [0.15, 0.2) is 36.5 Å². The molecule has 3 aromatic rings. The summed E-state index contributed by atoms with van der Waals surface area (Å²) in [6.45, 7) is 0.681. The number of aromatic nitrogens is 3. The van der Waals surface area contributed by atoms with Gasteiger partial charge in [-0.25, -0.2) is 4.98 Å². The first-order valence-corrected chi connectivity index (χ1v) is 6.46. The normalized spacial score (nSPS) is 10.9. The summed E-state index contributed by atoms with van der Waals surface area (Å²) in [5.74, 6) is 1.01. The topological polar surface area (TPSA) is 66.0 Å². The lowest BCUT2D eigenvalue weighted by Crippen LogP contribution is -2.02. The Balaban J connectivity index is 1.97. The van der Waals surface area contributed by atoms with Gasteiger partial charge in [0.05, 0.1) is 12.5 Å². The second-order valence-corrected chi connectivity index (χ2v) is 4.76. The third kappa shape index (κ3) is 2.28. The molecule has 102 valence electrons. The molecule has 2 aromatic heterocycles. The van der Waals surface area contributed by atoms with Crippen LogP contribution in [-0.4, -0.2) is 21.6 Å². The van der Waals surface area contributed by atoms with E-state index >= 15 is 0 Å². The van der Waals surface area contributed by atoms with Crippen molar-refractivity contribution in [3.05, 3.63) is 47.2 Å². The molecule has 5 nitrogen and oxygen atoms in total. The Morgan fingerprint density at radius 3 is 2.65 bits per heavy atom. The van der Waals surface area contributed by atoms with E-state index in [-0.39, 0.29) is 5.95 Å². The van der Waals surface area contributed by atoms with Crippen LogP contribution in [0.2, 0.25) is 5.15 Å². The quantitative estimate of drug-likeness (QED) is 0.753. The van der Waals surface area contributed by atoms with Crippen molar-refractivity contribution in [3.8, 4) is 5.75 Å². The van der Waals surface area contributed by atoms with Crippen LogP contribution >= 0.6 is 11.6 Å². The standard InChI is InChI=1S/C14H13ClN4O/c1-20-10-4-2-9(3-5-10)8-19-7-6-11-12(15)17-14(16)18-13(11)19/h2-7H,8H2,1H3,(H2,16,17,18). The zero-order chi connectivity index (χ0) is 14.1. The third-order valence-corrected chi connectivity index (χ3v) is 3.39. The predicted molar refractivity (Wildman–Crippen MR) is 79.0 cm³/mol. The zero-order valence-electron chi connectivity index (χ0n) is 10.9. The Hall–Kier alpha value is -2.27. The molecular weight excluding hydrogens is 276 g/mol. The van der Waals surface area contributed by atoms with Gasteiger partial charge in [0.1, 0.15) is 16.5 Å². The minimum Gasteiger partial charge on any atom is -0.497 e. The van der Waals surface area contributed by atoms with Gasteiger partial charge >= 0.3 is 0 Å². The minimum atomic E-state index is 0.178. The number of anilines is 1. The van der Waals surface area contributed by atoms with Gasteiger partial charge in [0.15, 0.2) is 0 Å². The average Bonchev–Trinajstić information content (AvgIpc) is 2.83. The van der Waals surface area contributed by atoms with Crippen molar-refractivity contribution < 1.29 is 4.74 Å². The van der Waals surface area contributed by atoms with Crippen molar-refractivity contribution in [2.75, 3.05) is 12.8 Å². The Morgan fingerprint density at radius 2 is 1.95 bits per heavy atom. The van der Waals surface area contributed by atoms with Gasteiger partial charge in [0.25, 0.3) is 0 Å². The monoisotopic (exact) mass is 288 g/mol. The SMILES string of the molecule is COc1ccc(Cn2ccc3c(Cl)nc(N)nc32)cc1. The van der Waals surface area contributed by atoms with Crippen LogP contribution in [-0.2, 0) is 6.54 Å². The molecule has 0 aliphatic heterocycles. The van der Waals surface area contributed by atoms with Crippen LogP contribution in [0.4, 0.5) is 5.95 Å². The number of halogens is 1. The zero-order valence-corrected chi connectivity index (χ0v) is 11.6.